The zero-order valence-corrected chi connectivity index (χ0v) is 31.0. The van der Waals surface area contributed by atoms with Crippen LogP contribution in [0.3, 0.4) is 0 Å². The number of fused-ring (bicyclic) bond motifs is 5. The lowest BCUT2D eigenvalue weighted by Gasteiger charge is -2.14. The Morgan fingerprint density at radius 1 is 0.298 bits per heavy atom. The Morgan fingerprint density at radius 2 is 0.825 bits per heavy atom. The number of aromatic amines is 1. The van der Waals surface area contributed by atoms with Gasteiger partial charge in [0.05, 0.1) is 17.1 Å². The summed E-state index contributed by atoms with van der Waals surface area (Å²) in [6.07, 6.45) is 2.09. The van der Waals surface area contributed by atoms with Crippen LogP contribution in [0.1, 0.15) is 0 Å². The van der Waals surface area contributed by atoms with Crippen molar-refractivity contribution in [1.29, 1.82) is 0 Å². The summed E-state index contributed by atoms with van der Waals surface area (Å²) in [7, 11) is 0. The standard InChI is InChI=1S/C54H35N3/c1-2-13-36(14-3-1)51-33-52(57-54(56-51)40-18-12-17-38(31-40)50-32-39-15-4-6-19-42(39)45-21-9-11-24-48(45)50)37-27-25-35(26-28-37)43-29-30-49(47-23-10-8-22-46(43)47)53-44-20-7-5-16-41(44)34-55-53/h1-34,55H. The number of H-pyrrole nitrogens is 1. The number of rotatable bonds is 6. The van der Waals surface area contributed by atoms with E-state index >= 15 is 0 Å². The smallest absolute Gasteiger partial charge is 0.160 e. The molecule has 0 amide bonds. The van der Waals surface area contributed by atoms with Crippen molar-refractivity contribution in [2.45, 2.75) is 0 Å². The van der Waals surface area contributed by atoms with Gasteiger partial charge in [-0.2, -0.15) is 0 Å². The van der Waals surface area contributed by atoms with Crippen molar-refractivity contribution in [2.75, 3.05) is 0 Å². The van der Waals surface area contributed by atoms with Crippen LogP contribution in [0.5, 0.6) is 0 Å². The highest BCUT2D eigenvalue weighted by atomic mass is 14.9. The van der Waals surface area contributed by atoms with Crippen molar-refractivity contribution in [1.82, 2.24) is 15.0 Å². The van der Waals surface area contributed by atoms with E-state index in [1.54, 1.807) is 0 Å². The van der Waals surface area contributed by atoms with Gasteiger partial charge in [-0.15, -0.1) is 0 Å². The van der Waals surface area contributed by atoms with Crippen LogP contribution in [0.4, 0.5) is 0 Å². The van der Waals surface area contributed by atoms with Crippen LogP contribution in [0.25, 0.3) is 111 Å². The molecule has 0 aliphatic rings. The average Bonchev–Trinajstić information content (AvgIpc) is 3.73. The summed E-state index contributed by atoms with van der Waals surface area (Å²) >= 11 is 0. The zero-order valence-electron chi connectivity index (χ0n) is 31.0. The molecule has 3 heteroatoms. The van der Waals surface area contributed by atoms with Gasteiger partial charge in [0.1, 0.15) is 0 Å². The molecule has 3 nitrogen and oxygen atoms in total. The zero-order chi connectivity index (χ0) is 37.7. The third kappa shape index (κ3) is 5.76. The van der Waals surface area contributed by atoms with Gasteiger partial charge in [-0.1, -0.05) is 182 Å². The predicted molar refractivity (Wildman–Crippen MR) is 239 cm³/mol. The fourth-order valence-electron chi connectivity index (χ4n) is 8.49. The normalized spacial score (nSPS) is 11.5. The molecule has 0 saturated heterocycles. The number of hydrogen-bond acceptors (Lipinski definition) is 2. The van der Waals surface area contributed by atoms with E-state index in [0.717, 1.165) is 44.9 Å². The predicted octanol–water partition coefficient (Wildman–Crippen LogP) is 14.4. The maximum atomic E-state index is 5.25. The summed E-state index contributed by atoms with van der Waals surface area (Å²) < 4.78 is 0. The molecule has 0 atom stereocenters. The second-order valence-electron chi connectivity index (χ2n) is 14.6. The summed E-state index contributed by atoms with van der Waals surface area (Å²) in [4.78, 5) is 14.0. The lowest BCUT2D eigenvalue weighted by molar-refractivity contribution is 1.18. The van der Waals surface area contributed by atoms with E-state index in [4.69, 9.17) is 9.97 Å². The number of nitrogens with one attached hydrogen (secondary N) is 1. The van der Waals surface area contributed by atoms with Gasteiger partial charge in [-0.05, 0) is 78.2 Å². The summed E-state index contributed by atoms with van der Waals surface area (Å²) in [5.41, 5.74) is 11.9. The van der Waals surface area contributed by atoms with Crippen LogP contribution in [-0.4, -0.2) is 15.0 Å². The molecule has 0 unspecified atom stereocenters. The van der Waals surface area contributed by atoms with E-state index in [9.17, 15) is 0 Å². The third-order valence-electron chi connectivity index (χ3n) is 11.3. The van der Waals surface area contributed by atoms with E-state index in [0.29, 0.717) is 5.82 Å². The summed E-state index contributed by atoms with van der Waals surface area (Å²) in [5, 5.41) is 9.85. The third-order valence-corrected chi connectivity index (χ3v) is 11.3. The molecule has 0 bridgehead atoms. The van der Waals surface area contributed by atoms with Crippen molar-refractivity contribution in [3.63, 3.8) is 0 Å². The van der Waals surface area contributed by atoms with Gasteiger partial charge in [0, 0.05) is 33.8 Å². The van der Waals surface area contributed by atoms with Gasteiger partial charge < -0.3 is 4.98 Å². The van der Waals surface area contributed by atoms with Gasteiger partial charge in [0.25, 0.3) is 0 Å². The van der Waals surface area contributed by atoms with Crippen LogP contribution in [-0.2, 0) is 0 Å². The first-order valence-electron chi connectivity index (χ1n) is 19.4. The van der Waals surface area contributed by atoms with Crippen LogP contribution < -0.4 is 0 Å². The molecule has 0 aliphatic carbocycles. The molecule has 2 heterocycles. The van der Waals surface area contributed by atoms with E-state index in [1.165, 1.54) is 59.8 Å². The molecule has 0 radical (unpaired) electrons. The molecular formula is C54H35N3. The molecule has 0 saturated carbocycles. The molecule has 266 valence electrons. The molecule has 11 aromatic rings. The molecule has 9 aromatic carbocycles. The number of nitrogens with zero attached hydrogens (tertiary/aromatic N) is 2. The van der Waals surface area contributed by atoms with Crippen molar-refractivity contribution >= 4 is 43.1 Å². The SMILES string of the molecule is c1ccc(-c2cc(-c3ccc(-c4ccc(-c5[nH]cc6ccccc56)c5ccccc45)cc3)nc(-c3cccc(-c4cc5ccccc5c5ccccc45)c3)n2)cc1. The van der Waals surface area contributed by atoms with Crippen molar-refractivity contribution in [2.24, 2.45) is 0 Å². The van der Waals surface area contributed by atoms with Gasteiger partial charge in [-0.3, -0.25) is 0 Å². The van der Waals surface area contributed by atoms with Crippen molar-refractivity contribution in [3.8, 4) is 67.4 Å². The summed E-state index contributed by atoms with van der Waals surface area (Å²) in [5.74, 6) is 0.695. The Hall–Kier alpha value is -7.62. The number of benzene rings is 9. The molecule has 2 aromatic heterocycles. The average molecular weight is 726 g/mol. The largest absolute Gasteiger partial charge is 0.360 e. The Labute approximate surface area is 330 Å². The molecular weight excluding hydrogens is 691 g/mol. The van der Waals surface area contributed by atoms with Crippen molar-refractivity contribution in [3.05, 3.63) is 206 Å². The van der Waals surface area contributed by atoms with E-state index < -0.39 is 0 Å². The first kappa shape index (κ1) is 32.8. The highest BCUT2D eigenvalue weighted by Crippen LogP contribution is 2.40. The molecule has 1 N–H and O–H groups in total. The highest BCUT2D eigenvalue weighted by molar-refractivity contribution is 6.14. The Kier molecular flexibility index (Phi) is 7.82. The molecule has 0 aliphatic heterocycles. The van der Waals surface area contributed by atoms with Crippen molar-refractivity contribution < 1.29 is 0 Å². The van der Waals surface area contributed by atoms with Crippen LogP contribution in [0.15, 0.2) is 206 Å². The first-order valence-corrected chi connectivity index (χ1v) is 19.4. The summed E-state index contributed by atoms with van der Waals surface area (Å²) in [6, 6.07) is 71.3. The molecule has 0 spiro atoms. The fraction of sp³-hybridized carbons (Fsp3) is 0. The van der Waals surface area contributed by atoms with Crippen LogP contribution in [0, 0.1) is 0 Å². The monoisotopic (exact) mass is 725 g/mol. The second-order valence-corrected chi connectivity index (χ2v) is 14.6. The lowest BCUT2D eigenvalue weighted by atomic mass is 9.92. The lowest BCUT2D eigenvalue weighted by Crippen LogP contribution is -1.96. The van der Waals surface area contributed by atoms with Gasteiger partial charge in [0.15, 0.2) is 5.82 Å². The minimum Gasteiger partial charge on any atom is -0.360 e. The minimum absolute atomic E-state index is 0.695. The first-order chi connectivity index (χ1) is 28.2. The second kappa shape index (κ2) is 13.6. The Balaban J connectivity index is 1.00. The summed E-state index contributed by atoms with van der Waals surface area (Å²) in [6.45, 7) is 0. The van der Waals surface area contributed by atoms with Crippen LogP contribution >= 0.6 is 0 Å². The minimum atomic E-state index is 0.695. The van der Waals surface area contributed by atoms with Gasteiger partial charge >= 0.3 is 0 Å². The molecule has 11 rings (SSSR count). The van der Waals surface area contributed by atoms with Crippen LogP contribution in [0.2, 0.25) is 0 Å². The maximum absolute atomic E-state index is 5.25. The van der Waals surface area contributed by atoms with E-state index in [1.807, 2.05) is 6.07 Å². The number of hydrogen-bond donors (Lipinski definition) is 1. The molecule has 0 fully saturated rings. The van der Waals surface area contributed by atoms with E-state index in [-0.39, 0.29) is 0 Å². The Morgan fingerprint density at radius 3 is 1.58 bits per heavy atom. The quantitative estimate of drug-likeness (QED) is 0.173. The fourth-order valence-corrected chi connectivity index (χ4v) is 8.49. The van der Waals surface area contributed by atoms with Gasteiger partial charge in [-0.25, -0.2) is 9.97 Å². The van der Waals surface area contributed by atoms with Gasteiger partial charge in [0.2, 0.25) is 0 Å². The molecule has 57 heavy (non-hydrogen) atoms. The Bertz CT molecular complexity index is 3290. The topological polar surface area (TPSA) is 41.6 Å². The number of aromatic nitrogens is 3. The highest BCUT2D eigenvalue weighted by Gasteiger charge is 2.16. The maximum Gasteiger partial charge on any atom is 0.160 e. The van der Waals surface area contributed by atoms with E-state index in [2.05, 4.69) is 205 Å².